The van der Waals surface area contributed by atoms with Crippen molar-refractivity contribution in [2.45, 2.75) is 6.04 Å². The molecule has 0 aliphatic carbocycles. The summed E-state index contributed by atoms with van der Waals surface area (Å²) in [4.78, 5) is 0. The predicted molar refractivity (Wildman–Crippen MR) is 81.4 cm³/mol. The van der Waals surface area contributed by atoms with Gasteiger partial charge in [-0.1, -0.05) is 54.1 Å². The summed E-state index contributed by atoms with van der Waals surface area (Å²) in [6.45, 7) is 0. The monoisotopic (exact) mass is 285 g/mol. The standard InChI is InChI=1S/C17H13ClFN/c18-14-6-3-7-15(19)16(14)17(20)13-9-8-11-4-1-2-5-12(11)10-13/h1-10,17H,20H2. The molecule has 0 radical (unpaired) electrons. The SMILES string of the molecule is NC(c1ccc2ccccc2c1)c1c(F)cccc1Cl. The van der Waals surface area contributed by atoms with E-state index >= 15 is 0 Å². The first kappa shape index (κ1) is 13.1. The molecule has 3 heteroatoms. The van der Waals surface area contributed by atoms with Gasteiger partial charge in [-0.2, -0.15) is 0 Å². The van der Waals surface area contributed by atoms with Gasteiger partial charge in [-0.3, -0.25) is 0 Å². The van der Waals surface area contributed by atoms with Crippen molar-refractivity contribution < 1.29 is 4.39 Å². The second-order valence-electron chi connectivity index (χ2n) is 4.72. The minimum atomic E-state index is -0.576. The lowest BCUT2D eigenvalue weighted by Gasteiger charge is -2.15. The van der Waals surface area contributed by atoms with E-state index in [2.05, 4.69) is 0 Å². The van der Waals surface area contributed by atoms with Crippen molar-refractivity contribution in [1.82, 2.24) is 0 Å². The van der Waals surface area contributed by atoms with Crippen LogP contribution >= 0.6 is 11.6 Å². The van der Waals surface area contributed by atoms with Gasteiger partial charge in [-0.15, -0.1) is 0 Å². The van der Waals surface area contributed by atoms with Crippen molar-refractivity contribution in [3.8, 4) is 0 Å². The molecular weight excluding hydrogens is 273 g/mol. The summed E-state index contributed by atoms with van der Waals surface area (Å²) < 4.78 is 13.9. The molecular formula is C17H13ClFN. The van der Waals surface area contributed by atoms with Crippen molar-refractivity contribution in [3.63, 3.8) is 0 Å². The Kier molecular flexibility index (Phi) is 3.43. The van der Waals surface area contributed by atoms with Gasteiger partial charge < -0.3 is 5.73 Å². The Morgan fingerprint density at radius 2 is 1.65 bits per heavy atom. The fourth-order valence-electron chi connectivity index (χ4n) is 2.38. The zero-order valence-corrected chi connectivity index (χ0v) is 11.4. The number of benzene rings is 3. The Morgan fingerprint density at radius 1 is 0.900 bits per heavy atom. The molecule has 0 aliphatic heterocycles. The number of hydrogen-bond donors (Lipinski definition) is 1. The van der Waals surface area contributed by atoms with Crippen LogP contribution in [-0.2, 0) is 0 Å². The van der Waals surface area contributed by atoms with Crippen LogP contribution < -0.4 is 5.73 Å². The Morgan fingerprint density at radius 3 is 2.40 bits per heavy atom. The fourth-order valence-corrected chi connectivity index (χ4v) is 2.66. The average molecular weight is 286 g/mol. The second-order valence-corrected chi connectivity index (χ2v) is 5.13. The van der Waals surface area contributed by atoms with E-state index in [1.54, 1.807) is 12.1 Å². The van der Waals surface area contributed by atoms with Crippen LogP contribution in [0.25, 0.3) is 10.8 Å². The van der Waals surface area contributed by atoms with Gasteiger partial charge in [0.25, 0.3) is 0 Å². The maximum Gasteiger partial charge on any atom is 0.129 e. The molecule has 0 heterocycles. The fraction of sp³-hybridized carbons (Fsp3) is 0.0588. The highest BCUT2D eigenvalue weighted by molar-refractivity contribution is 6.31. The summed E-state index contributed by atoms with van der Waals surface area (Å²) in [5, 5.41) is 2.56. The zero-order chi connectivity index (χ0) is 14.1. The highest BCUT2D eigenvalue weighted by Gasteiger charge is 2.17. The summed E-state index contributed by atoms with van der Waals surface area (Å²) in [6.07, 6.45) is 0. The summed E-state index contributed by atoms with van der Waals surface area (Å²) in [7, 11) is 0. The van der Waals surface area contributed by atoms with Crippen LogP contribution in [0.4, 0.5) is 4.39 Å². The Balaban J connectivity index is 2.10. The van der Waals surface area contributed by atoms with E-state index in [0.717, 1.165) is 16.3 Å². The first-order valence-corrected chi connectivity index (χ1v) is 6.73. The molecule has 0 fully saturated rings. The summed E-state index contributed by atoms with van der Waals surface area (Å²) in [6, 6.07) is 17.9. The quantitative estimate of drug-likeness (QED) is 0.727. The molecule has 100 valence electrons. The molecule has 2 N–H and O–H groups in total. The van der Waals surface area contributed by atoms with E-state index in [0.29, 0.717) is 10.6 Å². The molecule has 1 atom stereocenters. The van der Waals surface area contributed by atoms with E-state index in [1.807, 2.05) is 42.5 Å². The lowest BCUT2D eigenvalue weighted by molar-refractivity contribution is 0.600. The van der Waals surface area contributed by atoms with Crippen molar-refractivity contribution in [2.75, 3.05) is 0 Å². The van der Waals surface area contributed by atoms with Gasteiger partial charge >= 0.3 is 0 Å². The third kappa shape index (κ3) is 2.28. The topological polar surface area (TPSA) is 26.0 Å². The molecule has 20 heavy (non-hydrogen) atoms. The largest absolute Gasteiger partial charge is 0.320 e. The van der Waals surface area contributed by atoms with Gasteiger partial charge in [-0.05, 0) is 34.5 Å². The highest BCUT2D eigenvalue weighted by atomic mass is 35.5. The Labute approximate surface area is 121 Å². The summed E-state index contributed by atoms with van der Waals surface area (Å²) in [5.74, 6) is -0.377. The van der Waals surface area contributed by atoms with E-state index in [9.17, 15) is 4.39 Å². The van der Waals surface area contributed by atoms with Crippen molar-refractivity contribution in [3.05, 3.63) is 82.6 Å². The molecule has 0 aromatic heterocycles. The lowest BCUT2D eigenvalue weighted by atomic mass is 9.96. The number of hydrogen-bond acceptors (Lipinski definition) is 1. The Hall–Kier alpha value is -1.90. The third-order valence-corrected chi connectivity index (χ3v) is 3.77. The van der Waals surface area contributed by atoms with Crippen LogP contribution in [0.3, 0.4) is 0 Å². The molecule has 3 rings (SSSR count). The molecule has 0 saturated heterocycles. The average Bonchev–Trinajstić information content (AvgIpc) is 2.46. The predicted octanol–water partition coefficient (Wildman–Crippen LogP) is 4.68. The first-order chi connectivity index (χ1) is 9.66. The third-order valence-electron chi connectivity index (χ3n) is 3.44. The van der Waals surface area contributed by atoms with Crippen LogP contribution in [0.2, 0.25) is 5.02 Å². The number of halogens is 2. The number of rotatable bonds is 2. The van der Waals surface area contributed by atoms with Crippen molar-refractivity contribution in [2.24, 2.45) is 5.73 Å². The molecule has 1 unspecified atom stereocenters. The smallest absolute Gasteiger partial charge is 0.129 e. The second kappa shape index (κ2) is 5.23. The lowest BCUT2D eigenvalue weighted by Crippen LogP contribution is -2.14. The van der Waals surface area contributed by atoms with E-state index in [1.165, 1.54) is 6.07 Å². The van der Waals surface area contributed by atoms with Crippen LogP contribution in [0.1, 0.15) is 17.2 Å². The van der Waals surface area contributed by atoms with Crippen LogP contribution in [-0.4, -0.2) is 0 Å². The van der Waals surface area contributed by atoms with Gasteiger partial charge in [0.2, 0.25) is 0 Å². The van der Waals surface area contributed by atoms with E-state index in [-0.39, 0.29) is 5.82 Å². The van der Waals surface area contributed by atoms with Gasteiger partial charge in [0.1, 0.15) is 5.82 Å². The molecule has 3 aromatic rings. The highest BCUT2D eigenvalue weighted by Crippen LogP contribution is 2.30. The minimum absolute atomic E-state index is 0.337. The van der Waals surface area contributed by atoms with Gasteiger partial charge in [0.15, 0.2) is 0 Å². The van der Waals surface area contributed by atoms with Crippen LogP contribution in [0.5, 0.6) is 0 Å². The summed E-state index contributed by atoms with van der Waals surface area (Å²) >= 11 is 6.07. The first-order valence-electron chi connectivity index (χ1n) is 6.35. The van der Waals surface area contributed by atoms with Crippen LogP contribution in [0.15, 0.2) is 60.7 Å². The Bertz CT molecular complexity index is 750. The minimum Gasteiger partial charge on any atom is -0.320 e. The maximum atomic E-state index is 13.9. The molecule has 0 amide bonds. The number of nitrogens with two attached hydrogens (primary N) is 1. The van der Waals surface area contributed by atoms with Crippen LogP contribution in [0, 0.1) is 5.82 Å². The maximum absolute atomic E-state index is 13.9. The molecule has 1 nitrogen and oxygen atoms in total. The van der Waals surface area contributed by atoms with Crippen molar-refractivity contribution in [1.29, 1.82) is 0 Å². The molecule has 0 saturated carbocycles. The molecule has 0 aliphatic rings. The van der Waals surface area contributed by atoms with Gasteiger partial charge in [-0.25, -0.2) is 4.39 Å². The number of fused-ring (bicyclic) bond motifs is 1. The van der Waals surface area contributed by atoms with E-state index in [4.69, 9.17) is 17.3 Å². The zero-order valence-electron chi connectivity index (χ0n) is 10.7. The van der Waals surface area contributed by atoms with Gasteiger partial charge in [0.05, 0.1) is 6.04 Å². The molecule has 0 bridgehead atoms. The van der Waals surface area contributed by atoms with Crippen molar-refractivity contribution >= 4 is 22.4 Å². The molecule has 3 aromatic carbocycles. The molecule has 0 spiro atoms. The normalized spacial score (nSPS) is 12.6. The van der Waals surface area contributed by atoms with E-state index < -0.39 is 6.04 Å². The summed E-state index contributed by atoms with van der Waals surface area (Å²) in [5.41, 5.74) is 7.37. The van der Waals surface area contributed by atoms with Gasteiger partial charge in [0, 0.05) is 10.6 Å².